The van der Waals surface area contributed by atoms with Gasteiger partial charge < -0.3 is 5.11 Å². The summed E-state index contributed by atoms with van der Waals surface area (Å²) in [6.07, 6.45) is 3.50. The highest BCUT2D eigenvalue weighted by Crippen LogP contribution is 2.57. The quantitative estimate of drug-likeness (QED) is 0.861. The van der Waals surface area contributed by atoms with E-state index >= 15 is 0 Å². The lowest BCUT2D eigenvalue weighted by Gasteiger charge is -2.53. The predicted octanol–water partition coefficient (Wildman–Crippen LogP) is 3.61. The van der Waals surface area contributed by atoms with Crippen LogP contribution in [0.3, 0.4) is 0 Å². The van der Waals surface area contributed by atoms with Crippen LogP contribution in [0.4, 0.5) is 0 Å². The molecule has 1 aliphatic rings. The Morgan fingerprint density at radius 3 is 2.29 bits per heavy atom. The van der Waals surface area contributed by atoms with E-state index in [-0.39, 0.29) is 17.3 Å². The molecule has 1 N–H and O–H groups in total. The smallest absolute Gasteiger partial charge is 0.303 e. The van der Waals surface area contributed by atoms with E-state index in [1.54, 1.807) is 0 Å². The van der Waals surface area contributed by atoms with Crippen LogP contribution in [-0.4, -0.2) is 11.1 Å². The summed E-state index contributed by atoms with van der Waals surface area (Å²) in [5.41, 5.74) is 1.13. The third-order valence-electron chi connectivity index (χ3n) is 4.62. The maximum Gasteiger partial charge on any atom is 0.303 e. The zero-order valence-electron chi connectivity index (χ0n) is 10.6. The van der Waals surface area contributed by atoms with Gasteiger partial charge in [-0.2, -0.15) is 0 Å². The fourth-order valence-corrected chi connectivity index (χ4v) is 3.08. The first-order valence-electron chi connectivity index (χ1n) is 6.25. The molecule has 1 aromatic rings. The first-order valence-corrected chi connectivity index (χ1v) is 6.25. The van der Waals surface area contributed by atoms with E-state index < -0.39 is 5.97 Å². The molecule has 17 heavy (non-hydrogen) atoms. The number of rotatable bonds is 4. The number of hydrogen-bond donors (Lipinski definition) is 1. The van der Waals surface area contributed by atoms with Crippen molar-refractivity contribution in [2.45, 2.75) is 44.9 Å². The van der Waals surface area contributed by atoms with Crippen LogP contribution in [0.5, 0.6) is 0 Å². The molecular weight excluding hydrogens is 212 g/mol. The monoisotopic (exact) mass is 232 g/mol. The van der Waals surface area contributed by atoms with Crippen LogP contribution in [0.1, 0.15) is 45.1 Å². The van der Waals surface area contributed by atoms with Crippen LogP contribution >= 0.6 is 0 Å². The Bertz CT molecular complexity index is 402. The van der Waals surface area contributed by atoms with Crippen LogP contribution in [0, 0.1) is 5.41 Å². The van der Waals surface area contributed by atoms with Gasteiger partial charge in [-0.3, -0.25) is 4.79 Å². The molecule has 0 aliphatic heterocycles. The summed E-state index contributed by atoms with van der Waals surface area (Å²) in [6, 6.07) is 10.3. The van der Waals surface area contributed by atoms with Crippen molar-refractivity contribution in [1.29, 1.82) is 0 Å². The maximum atomic E-state index is 11.1. The fraction of sp³-hybridized carbons (Fsp3) is 0.533. The second kappa shape index (κ2) is 4.17. The lowest BCUT2D eigenvalue weighted by Crippen LogP contribution is -2.47. The summed E-state index contributed by atoms with van der Waals surface area (Å²) in [4.78, 5) is 11.1. The van der Waals surface area contributed by atoms with Crippen LogP contribution in [-0.2, 0) is 10.2 Å². The largest absolute Gasteiger partial charge is 0.481 e. The topological polar surface area (TPSA) is 37.3 Å². The normalized spacial score (nSPS) is 18.5. The van der Waals surface area contributed by atoms with Gasteiger partial charge in [-0.1, -0.05) is 50.6 Å². The molecule has 0 bridgehead atoms. The van der Waals surface area contributed by atoms with Crippen molar-refractivity contribution in [3.8, 4) is 0 Å². The molecule has 0 radical (unpaired) electrons. The van der Waals surface area contributed by atoms with Crippen molar-refractivity contribution < 1.29 is 9.90 Å². The Labute approximate surface area is 103 Å². The second-order valence-corrected chi connectivity index (χ2v) is 5.70. The predicted molar refractivity (Wildman–Crippen MR) is 68.0 cm³/mol. The van der Waals surface area contributed by atoms with Gasteiger partial charge in [0.25, 0.3) is 0 Å². The number of carboxylic acid groups (broad SMARTS) is 1. The zero-order valence-corrected chi connectivity index (χ0v) is 10.6. The molecule has 1 fully saturated rings. The minimum Gasteiger partial charge on any atom is -0.481 e. The Morgan fingerprint density at radius 2 is 1.88 bits per heavy atom. The van der Waals surface area contributed by atoms with Crippen molar-refractivity contribution in [2.75, 3.05) is 0 Å². The van der Waals surface area contributed by atoms with E-state index in [0.29, 0.717) is 0 Å². The van der Waals surface area contributed by atoms with Crippen molar-refractivity contribution in [3.63, 3.8) is 0 Å². The van der Waals surface area contributed by atoms with Gasteiger partial charge in [0.15, 0.2) is 0 Å². The number of benzene rings is 1. The summed E-state index contributed by atoms with van der Waals surface area (Å²) in [5.74, 6) is -0.672. The number of aliphatic carboxylic acids is 1. The molecule has 1 aromatic carbocycles. The standard InChI is InChI=1S/C15H20O2/c1-14(2,12-7-4-3-5-8-12)15(9-6-10-15)11-13(16)17/h3-5,7-8H,6,9-11H2,1-2H3,(H,16,17). The highest BCUT2D eigenvalue weighted by molar-refractivity contribution is 5.68. The highest BCUT2D eigenvalue weighted by Gasteiger charge is 2.51. The van der Waals surface area contributed by atoms with Crippen LogP contribution in [0.25, 0.3) is 0 Å². The van der Waals surface area contributed by atoms with E-state index in [4.69, 9.17) is 5.11 Å². The van der Waals surface area contributed by atoms with Gasteiger partial charge in [-0.15, -0.1) is 0 Å². The van der Waals surface area contributed by atoms with Gasteiger partial charge in [0, 0.05) is 0 Å². The van der Waals surface area contributed by atoms with Gasteiger partial charge in [-0.05, 0) is 29.2 Å². The van der Waals surface area contributed by atoms with Crippen LogP contribution in [0.15, 0.2) is 30.3 Å². The molecule has 0 heterocycles. The van der Waals surface area contributed by atoms with E-state index in [1.807, 2.05) is 18.2 Å². The van der Waals surface area contributed by atoms with Crippen molar-refractivity contribution in [1.82, 2.24) is 0 Å². The molecular formula is C15H20O2. The molecule has 0 aromatic heterocycles. The fourth-order valence-electron chi connectivity index (χ4n) is 3.08. The first kappa shape index (κ1) is 12.2. The van der Waals surface area contributed by atoms with Gasteiger partial charge in [0.1, 0.15) is 0 Å². The molecule has 0 spiro atoms. The van der Waals surface area contributed by atoms with E-state index in [9.17, 15) is 4.79 Å². The highest BCUT2D eigenvalue weighted by atomic mass is 16.4. The van der Waals surface area contributed by atoms with Crippen LogP contribution in [0.2, 0.25) is 0 Å². The average molecular weight is 232 g/mol. The molecule has 92 valence electrons. The second-order valence-electron chi connectivity index (χ2n) is 5.70. The average Bonchev–Trinajstić information content (AvgIpc) is 2.24. The molecule has 2 heteroatoms. The van der Waals surface area contributed by atoms with Crippen molar-refractivity contribution in [2.24, 2.45) is 5.41 Å². The molecule has 1 aliphatic carbocycles. The third-order valence-corrected chi connectivity index (χ3v) is 4.62. The van der Waals surface area contributed by atoms with E-state index in [0.717, 1.165) is 19.3 Å². The minimum atomic E-state index is -0.672. The summed E-state index contributed by atoms with van der Waals surface area (Å²) in [7, 11) is 0. The van der Waals surface area contributed by atoms with Crippen LogP contribution < -0.4 is 0 Å². The molecule has 0 unspecified atom stereocenters. The van der Waals surface area contributed by atoms with Crippen molar-refractivity contribution in [3.05, 3.63) is 35.9 Å². The summed E-state index contributed by atoms with van der Waals surface area (Å²) in [5, 5.41) is 9.12. The Hall–Kier alpha value is -1.31. The van der Waals surface area contributed by atoms with E-state index in [1.165, 1.54) is 5.56 Å². The number of hydrogen-bond acceptors (Lipinski definition) is 1. The Balaban J connectivity index is 2.33. The van der Waals surface area contributed by atoms with Gasteiger partial charge in [0.2, 0.25) is 0 Å². The van der Waals surface area contributed by atoms with Crippen molar-refractivity contribution >= 4 is 5.97 Å². The number of carboxylic acids is 1. The Morgan fingerprint density at radius 1 is 1.29 bits per heavy atom. The van der Waals surface area contributed by atoms with E-state index in [2.05, 4.69) is 26.0 Å². The van der Waals surface area contributed by atoms with Gasteiger partial charge in [0.05, 0.1) is 6.42 Å². The first-order chi connectivity index (χ1) is 7.98. The third kappa shape index (κ3) is 1.97. The summed E-state index contributed by atoms with van der Waals surface area (Å²) >= 11 is 0. The minimum absolute atomic E-state index is 0.0554. The zero-order chi connectivity index (χ0) is 12.5. The molecule has 0 amide bonds. The molecule has 0 saturated heterocycles. The number of carbonyl (C=O) groups is 1. The molecule has 0 atom stereocenters. The lowest BCUT2D eigenvalue weighted by molar-refractivity contribution is -0.143. The molecule has 2 rings (SSSR count). The SMILES string of the molecule is CC(C)(c1ccccc1)C1(CC(=O)O)CCC1. The molecule has 1 saturated carbocycles. The summed E-state index contributed by atoms with van der Waals surface area (Å²) in [6.45, 7) is 4.37. The molecule has 2 nitrogen and oxygen atoms in total. The Kier molecular flexibility index (Phi) is 2.98. The van der Waals surface area contributed by atoms with Gasteiger partial charge >= 0.3 is 5.97 Å². The maximum absolute atomic E-state index is 11.1. The van der Waals surface area contributed by atoms with Gasteiger partial charge in [-0.25, -0.2) is 0 Å². The lowest BCUT2D eigenvalue weighted by atomic mass is 9.51. The summed E-state index contributed by atoms with van der Waals surface area (Å²) < 4.78 is 0.